The minimum Gasteiger partial charge on any atom is -0.466 e. The Morgan fingerprint density at radius 3 is 1.56 bits per heavy atom. The number of amides is 2. The fraction of sp³-hybridized carbons (Fsp3) is 0.922. The minimum absolute atomic E-state index is 0.0166. The van der Waals surface area contributed by atoms with Crippen LogP contribution in [0.1, 0.15) is 168 Å². The van der Waals surface area contributed by atoms with E-state index in [0.29, 0.717) is 13.0 Å². The molecular formula is C51H94N2O19. The Kier molecular flexibility index (Phi) is 37.8. The Morgan fingerprint density at radius 2 is 0.986 bits per heavy atom. The van der Waals surface area contributed by atoms with Crippen molar-refractivity contribution in [2.45, 2.75) is 235 Å². The van der Waals surface area contributed by atoms with Gasteiger partial charge in [-0.05, 0) is 19.3 Å². The summed E-state index contributed by atoms with van der Waals surface area (Å²) in [4.78, 5) is 51.1. The van der Waals surface area contributed by atoms with Crippen LogP contribution in [0.25, 0.3) is 0 Å². The van der Waals surface area contributed by atoms with Gasteiger partial charge < -0.3 is 84.3 Å². The first-order valence-electron chi connectivity index (χ1n) is 27.1. The van der Waals surface area contributed by atoms with E-state index in [2.05, 4.69) is 24.5 Å². The zero-order chi connectivity index (χ0) is 52.8. The summed E-state index contributed by atoms with van der Waals surface area (Å²) in [7, 11) is 0. The van der Waals surface area contributed by atoms with E-state index in [1.165, 1.54) is 83.5 Å². The highest BCUT2D eigenvalue weighted by Crippen LogP contribution is 2.29. The molecule has 0 aliphatic carbocycles. The lowest BCUT2D eigenvalue weighted by atomic mass is 9.97. The van der Waals surface area contributed by atoms with Crippen molar-refractivity contribution in [1.82, 2.24) is 10.6 Å². The Bertz CT molecular complexity index is 1400. The van der Waals surface area contributed by atoms with Gasteiger partial charge in [0, 0.05) is 25.8 Å². The number of unbranched alkanes of at least 4 members (excludes halogenated alkanes) is 18. The van der Waals surface area contributed by atoms with E-state index in [0.717, 1.165) is 38.5 Å². The molecule has 0 aromatic rings. The molecule has 422 valence electrons. The zero-order valence-corrected chi connectivity index (χ0v) is 43.4. The van der Waals surface area contributed by atoms with Crippen LogP contribution in [0.3, 0.4) is 0 Å². The third kappa shape index (κ3) is 28.3. The van der Waals surface area contributed by atoms with E-state index >= 15 is 0 Å². The summed E-state index contributed by atoms with van der Waals surface area (Å²) in [5.74, 6) is -1.99. The van der Waals surface area contributed by atoms with E-state index in [9.17, 15) is 54.9 Å². The first-order valence-corrected chi connectivity index (χ1v) is 27.1. The quantitative estimate of drug-likeness (QED) is 0.0313. The van der Waals surface area contributed by atoms with Gasteiger partial charge in [0.05, 0.1) is 59.5 Å². The second kappa shape index (κ2) is 41.6. The maximum atomic E-state index is 13.1. The molecule has 0 aromatic carbocycles. The topological polar surface area (TPSA) is 308 Å². The molecule has 0 bridgehead atoms. The van der Waals surface area contributed by atoms with Gasteiger partial charge >= 0.3 is 11.9 Å². The monoisotopic (exact) mass is 1040 g/mol. The van der Waals surface area contributed by atoms with Crippen LogP contribution in [0.2, 0.25) is 0 Å². The van der Waals surface area contributed by atoms with Gasteiger partial charge in [-0.1, -0.05) is 129 Å². The number of nitrogens with one attached hydrogen (secondary N) is 2. The van der Waals surface area contributed by atoms with Crippen LogP contribution in [0.5, 0.6) is 0 Å². The fourth-order valence-corrected chi connectivity index (χ4v) is 8.30. The van der Waals surface area contributed by atoms with Gasteiger partial charge in [0.25, 0.3) is 0 Å². The van der Waals surface area contributed by atoms with Crippen LogP contribution in [0, 0.1) is 0 Å². The van der Waals surface area contributed by atoms with Crippen LogP contribution in [0.15, 0.2) is 0 Å². The molecule has 0 saturated carbocycles. The average Bonchev–Trinajstić information content (AvgIpc) is 3.37. The Balaban J connectivity index is 1.64. The Morgan fingerprint density at radius 1 is 0.500 bits per heavy atom. The molecule has 11 atom stereocenters. The Hall–Kier alpha value is -2.64. The molecule has 9 N–H and O–H groups in total. The van der Waals surface area contributed by atoms with Gasteiger partial charge in [-0.15, -0.1) is 0 Å². The van der Waals surface area contributed by atoms with Crippen LogP contribution in [-0.2, 0) is 57.1 Å². The van der Waals surface area contributed by atoms with Gasteiger partial charge in [0.1, 0.15) is 54.9 Å². The van der Waals surface area contributed by atoms with Crippen LogP contribution in [-0.4, -0.2) is 193 Å². The van der Waals surface area contributed by atoms with E-state index in [1.54, 1.807) is 0 Å². The van der Waals surface area contributed by atoms with E-state index in [-0.39, 0.29) is 71.9 Å². The number of ether oxygens (including phenoxy) is 8. The zero-order valence-electron chi connectivity index (χ0n) is 43.4. The van der Waals surface area contributed by atoms with Gasteiger partial charge in [-0.2, -0.15) is 0 Å². The molecular weight excluding hydrogens is 945 g/mol. The summed E-state index contributed by atoms with van der Waals surface area (Å²) >= 11 is 0. The van der Waals surface area contributed by atoms with E-state index < -0.39 is 104 Å². The molecule has 0 aromatic heterocycles. The number of rotatable bonds is 44. The summed E-state index contributed by atoms with van der Waals surface area (Å²) in [6.45, 7) is 4.08. The summed E-state index contributed by atoms with van der Waals surface area (Å²) in [6, 6.07) is -1.06. The second-order valence-corrected chi connectivity index (χ2v) is 18.9. The second-order valence-electron chi connectivity index (χ2n) is 18.9. The summed E-state index contributed by atoms with van der Waals surface area (Å²) in [5.41, 5.74) is 0. The number of carbonyl (C=O) groups excluding carboxylic acids is 4. The Labute approximate surface area is 427 Å². The fourth-order valence-electron chi connectivity index (χ4n) is 8.30. The predicted octanol–water partition coefficient (Wildman–Crippen LogP) is 2.75. The number of aliphatic hydroxyl groups excluding tert-OH is 7. The standard InChI is InChI=1S/C51H94N2O19/c1-3-5-7-9-11-13-15-17-19-21-28-67-42(58)26-23-37(49(64)68-29-22-20-18-16-14-12-10-8-6-4-2)53-41(57)25-24-40(56)52-27-30-65-31-32-66-33-34-69-50-47(63)45(61)48(39(36-55)71-50)72-51-46(62)44(60)43(59)38(35-54)70-51/h37-39,43-48,50-51,54-55,59-63H,3-36H2,1-2H3,(H,52,56)(H,53,57)/t37-,38+,39+,43-,44-,45+,46+,47+,48+,50+,51-/m0/s1. The van der Waals surface area contributed by atoms with Crippen molar-refractivity contribution >= 4 is 23.8 Å². The SMILES string of the molecule is CCCCCCCCCCCCOC(=O)CC[C@H](NC(=O)CCC(=O)NCCOCCOCCO[C@@H]1O[C@H](CO)[C@@H](O[C@@H]2O[C@H](CO)[C@H](O)[C@H](O)[C@H]2O)[C@H](O)[C@H]1O)C(=O)OCCCCCCCCCCCC. The molecule has 2 saturated heterocycles. The lowest BCUT2D eigenvalue weighted by Gasteiger charge is -2.45. The van der Waals surface area contributed by atoms with E-state index in [1.807, 2.05) is 0 Å². The van der Waals surface area contributed by atoms with Crippen LogP contribution < -0.4 is 10.6 Å². The molecule has 2 fully saturated rings. The molecule has 21 heteroatoms. The van der Waals surface area contributed by atoms with E-state index in [4.69, 9.17) is 37.9 Å². The predicted molar refractivity (Wildman–Crippen MR) is 263 cm³/mol. The van der Waals surface area contributed by atoms with Crippen molar-refractivity contribution in [2.24, 2.45) is 0 Å². The minimum atomic E-state index is -1.78. The average molecular weight is 1040 g/mol. The van der Waals surface area contributed by atoms with Crippen molar-refractivity contribution < 1.29 is 92.8 Å². The number of carbonyl (C=O) groups is 4. The lowest BCUT2D eigenvalue weighted by molar-refractivity contribution is -0.359. The molecule has 2 rings (SSSR count). The van der Waals surface area contributed by atoms with Gasteiger partial charge in [0.15, 0.2) is 12.6 Å². The highest BCUT2D eigenvalue weighted by Gasteiger charge is 2.50. The first-order chi connectivity index (χ1) is 34.9. The normalized spacial score (nSPS) is 24.7. The van der Waals surface area contributed by atoms with Crippen molar-refractivity contribution in [2.75, 3.05) is 66.0 Å². The summed E-state index contributed by atoms with van der Waals surface area (Å²) in [6.07, 6.45) is 7.05. The molecule has 2 amide bonds. The smallest absolute Gasteiger partial charge is 0.328 e. The molecule has 2 aliphatic heterocycles. The summed E-state index contributed by atoms with van der Waals surface area (Å²) < 4.78 is 43.8. The first kappa shape index (κ1) is 65.5. The molecule has 2 heterocycles. The van der Waals surface area contributed by atoms with Crippen LogP contribution >= 0.6 is 0 Å². The number of esters is 2. The lowest BCUT2D eigenvalue weighted by Crippen LogP contribution is -2.64. The molecule has 0 unspecified atom stereocenters. The largest absolute Gasteiger partial charge is 0.466 e. The number of aliphatic hydroxyl groups is 7. The summed E-state index contributed by atoms with van der Waals surface area (Å²) in [5, 5.41) is 76.4. The van der Waals surface area contributed by atoms with Crippen molar-refractivity contribution in [3.05, 3.63) is 0 Å². The molecule has 21 nitrogen and oxygen atoms in total. The molecule has 0 radical (unpaired) electrons. The van der Waals surface area contributed by atoms with Crippen molar-refractivity contribution in [3.63, 3.8) is 0 Å². The van der Waals surface area contributed by atoms with Gasteiger partial charge in [-0.25, -0.2) is 4.79 Å². The highest BCUT2D eigenvalue weighted by atomic mass is 16.7. The van der Waals surface area contributed by atoms with Gasteiger partial charge in [-0.3, -0.25) is 14.4 Å². The van der Waals surface area contributed by atoms with Gasteiger partial charge in [0.2, 0.25) is 11.8 Å². The third-order valence-corrected chi connectivity index (χ3v) is 12.7. The molecule has 0 spiro atoms. The number of hydrogen-bond donors (Lipinski definition) is 9. The maximum absolute atomic E-state index is 13.1. The van der Waals surface area contributed by atoms with Crippen LogP contribution in [0.4, 0.5) is 0 Å². The molecule has 2 aliphatic rings. The maximum Gasteiger partial charge on any atom is 0.328 e. The highest BCUT2D eigenvalue weighted by molar-refractivity contribution is 5.87. The molecule has 72 heavy (non-hydrogen) atoms. The van der Waals surface area contributed by atoms with Crippen molar-refractivity contribution in [1.29, 1.82) is 0 Å². The third-order valence-electron chi connectivity index (χ3n) is 12.7. The number of hydrogen-bond acceptors (Lipinski definition) is 19. The van der Waals surface area contributed by atoms with Crippen molar-refractivity contribution in [3.8, 4) is 0 Å².